The van der Waals surface area contributed by atoms with E-state index < -0.39 is 0 Å². The van der Waals surface area contributed by atoms with Gasteiger partial charge < -0.3 is 9.80 Å². The van der Waals surface area contributed by atoms with E-state index in [0.29, 0.717) is 27.7 Å². The van der Waals surface area contributed by atoms with E-state index in [1.54, 1.807) is 6.20 Å². The van der Waals surface area contributed by atoms with Crippen molar-refractivity contribution in [1.29, 1.82) is 0 Å². The highest BCUT2D eigenvalue weighted by molar-refractivity contribution is 7.19. The normalized spacial score (nSPS) is 25.7. The van der Waals surface area contributed by atoms with Crippen LogP contribution in [0.25, 0.3) is 0 Å². The molecule has 2 saturated carbocycles. The summed E-state index contributed by atoms with van der Waals surface area (Å²) in [5.41, 5.74) is 0. The molecule has 1 aromatic rings. The van der Waals surface area contributed by atoms with E-state index in [1.807, 2.05) is 4.90 Å². The number of nitrogens with one attached hydrogen (secondary N) is 1. The van der Waals surface area contributed by atoms with Crippen LogP contribution >= 0.6 is 22.9 Å². The summed E-state index contributed by atoms with van der Waals surface area (Å²) in [4.78, 5) is 33.9. The number of likely N-dealkylation sites (tertiary alicyclic amines) is 1. The second-order valence-corrected chi connectivity index (χ2v) is 10.6. The standard InChI is InChI=1S/C21H31ClN4O2S/c1-14-2-6-16(7-3-14)26(21(28)24-20-23-13-18(22)29-20)17-8-10-25(11-9-17)19(27)12-15-4-5-15/h13-17H,2-12H2,1H3,(H,23,24,28)/t14-,16-. The predicted octanol–water partition coefficient (Wildman–Crippen LogP) is 5.00. The van der Waals surface area contributed by atoms with Crippen LogP contribution in [0.5, 0.6) is 0 Å². The number of amides is 3. The zero-order valence-electron chi connectivity index (χ0n) is 17.1. The Bertz CT molecular complexity index is 722. The maximum atomic E-state index is 13.2. The molecule has 1 aromatic heterocycles. The molecular weight excluding hydrogens is 408 g/mol. The fourth-order valence-electron chi connectivity index (χ4n) is 4.71. The number of urea groups is 1. The maximum absolute atomic E-state index is 13.2. The summed E-state index contributed by atoms with van der Waals surface area (Å²) in [5.74, 6) is 1.65. The van der Waals surface area contributed by atoms with Gasteiger partial charge in [0.05, 0.1) is 6.20 Å². The zero-order chi connectivity index (χ0) is 20.4. The van der Waals surface area contributed by atoms with Crippen molar-refractivity contribution in [3.05, 3.63) is 10.5 Å². The van der Waals surface area contributed by atoms with E-state index in [1.165, 1.54) is 24.2 Å². The summed E-state index contributed by atoms with van der Waals surface area (Å²) in [7, 11) is 0. The molecule has 3 fully saturated rings. The molecule has 0 bridgehead atoms. The van der Waals surface area contributed by atoms with Gasteiger partial charge in [-0.25, -0.2) is 9.78 Å². The molecule has 0 atom stereocenters. The minimum atomic E-state index is -0.0710. The average molecular weight is 439 g/mol. The van der Waals surface area contributed by atoms with Gasteiger partial charge in [-0.2, -0.15) is 0 Å². The topological polar surface area (TPSA) is 65.5 Å². The number of anilines is 1. The van der Waals surface area contributed by atoms with Crippen LogP contribution in [-0.2, 0) is 4.79 Å². The number of carbonyl (C=O) groups is 2. The van der Waals surface area contributed by atoms with Crippen molar-refractivity contribution in [3.63, 3.8) is 0 Å². The maximum Gasteiger partial charge on any atom is 0.324 e. The van der Waals surface area contributed by atoms with Gasteiger partial charge in [0, 0.05) is 31.6 Å². The van der Waals surface area contributed by atoms with E-state index in [-0.39, 0.29) is 18.1 Å². The first-order chi connectivity index (χ1) is 14.0. The molecule has 0 radical (unpaired) electrons. The van der Waals surface area contributed by atoms with Gasteiger partial charge in [0.1, 0.15) is 4.34 Å². The molecular formula is C21H31ClN4O2S. The molecule has 2 heterocycles. The van der Waals surface area contributed by atoms with Gasteiger partial charge in [-0.15, -0.1) is 0 Å². The number of piperidine rings is 1. The largest absolute Gasteiger partial charge is 0.343 e. The Morgan fingerprint density at radius 3 is 2.38 bits per heavy atom. The van der Waals surface area contributed by atoms with E-state index in [9.17, 15) is 9.59 Å². The Hall–Kier alpha value is -1.34. The molecule has 0 unspecified atom stereocenters. The SMILES string of the molecule is C[C@H]1CC[C@H](N(C(=O)Nc2ncc(Cl)s2)C2CCN(C(=O)CC3CC3)CC2)CC1. The van der Waals surface area contributed by atoms with Gasteiger partial charge in [-0.3, -0.25) is 10.1 Å². The summed E-state index contributed by atoms with van der Waals surface area (Å²) in [6, 6.07) is 0.368. The molecule has 8 heteroatoms. The fourth-order valence-corrected chi connectivity index (χ4v) is 5.51. The number of carbonyl (C=O) groups excluding carboxylic acids is 2. The van der Waals surface area contributed by atoms with Crippen molar-refractivity contribution < 1.29 is 9.59 Å². The Morgan fingerprint density at radius 2 is 1.79 bits per heavy atom. The second kappa shape index (κ2) is 9.21. The minimum Gasteiger partial charge on any atom is -0.343 e. The summed E-state index contributed by atoms with van der Waals surface area (Å²) in [6.07, 6.45) is 10.8. The molecule has 2 aliphatic carbocycles. The number of nitrogens with zero attached hydrogens (tertiary/aromatic N) is 3. The van der Waals surface area contributed by atoms with Crippen molar-refractivity contribution >= 4 is 40.0 Å². The summed E-state index contributed by atoms with van der Waals surface area (Å²) >= 11 is 7.26. The molecule has 0 aromatic carbocycles. The van der Waals surface area contributed by atoms with Crippen LogP contribution < -0.4 is 5.32 Å². The number of rotatable bonds is 5. The quantitative estimate of drug-likeness (QED) is 0.703. The fraction of sp³-hybridized carbons (Fsp3) is 0.762. The molecule has 3 aliphatic rings. The monoisotopic (exact) mass is 438 g/mol. The van der Waals surface area contributed by atoms with E-state index in [0.717, 1.165) is 57.5 Å². The highest BCUT2D eigenvalue weighted by Crippen LogP contribution is 2.34. The first-order valence-electron chi connectivity index (χ1n) is 11.0. The van der Waals surface area contributed by atoms with Crippen LogP contribution in [0, 0.1) is 11.8 Å². The molecule has 1 aliphatic heterocycles. The number of hydrogen-bond donors (Lipinski definition) is 1. The van der Waals surface area contributed by atoms with Crippen LogP contribution in [0.3, 0.4) is 0 Å². The van der Waals surface area contributed by atoms with Gasteiger partial charge in [0.25, 0.3) is 0 Å². The number of thiazole rings is 1. The van der Waals surface area contributed by atoms with E-state index in [2.05, 4.69) is 22.1 Å². The van der Waals surface area contributed by atoms with Gasteiger partial charge in [0.15, 0.2) is 5.13 Å². The van der Waals surface area contributed by atoms with Crippen molar-refractivity contribution in [1.82, 2.24) is 14.8 Å². The Morgan fingerprint density at radius 1 is 1.14 bits per heavy atom. The summed E-state index contributed by atoms with van der Waals surface area (Å²) < 4.78 is 0.570. The first kappa shape index (κ1) is 20.9. The van der Waals surface area contributed by atoms with Crippen molar-refractivity contribution in [2.75, 3.05) is 18.4 Å². The third-order valence-electron chi connectivity index (χ3n) is 6.68. The Balaban J connectivity index is 1.40. The average Bonchev–Trinajstić information content (AvgIpc) is 3.43. The highest BCUT2D eigenvalue weighted by Gasteiger charge is 2.36. The lowest BCUT2D eigenvalue weighted by Gasteiger charge is -2.44. The summed E-state index contributed by atoms with van der Waals surface area (Å²) in [5, 5.41) is 3.51. The molecule has 1 saturated heterocycles. The second-order valence-electron chi connectivity index (χ2n) is 8.98. The van der Waals surface area contributed by atoms with E-state index >= 15 is 0 Å². The Kier molecular flexibility index (Phi) is 6.64. The van der Waals surface area contributed by atoms with Gasteiger partial charge >= 0.3 is 6.03 Å². The predicted molar refractivity (Wildman–Crippen MR) is 116 cm³/mol. The van der Waals surface area contributed by atoms with Crippen LogP contribution in [0.1, 0.15) is 64.7 Å². The van der Waals surface area contributed by atoms with Gasteiger partial charge in [0.2, 0.25) is 5.91 Å². The van der Waals surface area contributed by atoms with Crippen molar-refractivity contribution in [2.24, 2.45) is 11.8 Å². The van der Waals surface area contributed by atoms with Gasteiger partial charge in [-0.1, -0.05) is 29.9 Å². The van der Waals surface area contributed by atoms with Crippen LogP contribution in [0.15, 0.2) is 6.20 Å². The van der Waals surface area contributed by atoms with E-state index in [4.69, 9.17) is 11.6 Å². The smallest absolute Gasteiger partial charge is 0.324 e. The molecule has 1 N–H and O–H groups in total. The highest BCUT2D eigenvalue weighted by atomic mass is 35.5. The third-order valence-corrected chi connectivity index (χ3v) is 7.71. The lowest BCUT2D eigenvalue weighted by Crippen LogP contribution is -2.54. The first-order valence-corrected chi connectivity index (χ1v) is 12.2. The number of aromatic nitrogens is 1. The Labute approximate surface area is 182 Å². The lowest BCUT2D eigenvalue weighted by molar-refractivity contribution is -0.133. The van der Waals surface area contributed by atoms with Gasteiger partial charge in [-0.05, 0) is 63.2 Å². The van der Waals surface area contributed by atoms with Crippen LogP contribution in [0.2, 0.25) is 4.34 Å². The molecule has 160 valence electrons. The zero-order valence-corrected chi connectivity index (χ0v) is 18.7. The molecule has 3 amide bonds. The number of halogens is 1. The molecule has 29 heavy (non-hydrogen) atoms. The summed E-state index contributed by atoms with van der Waals surface area (Å²) in [6.45, 7) is 3.81. The minimum absolute atomic E-state index is 0.0710. The van der Waals surface area contributed by atoms with Crippen LogP contribution in [0.4, 0.5) is 9.93 Å². The third kappa shape index (κ3) is 5.43. The lowest BCUT2D eigenvalue weighted by atomic mass is 9.85. The molecule has 0 spiro atoms. The van der Waals surface area contributed by atoms with Crippen LogP contribution in [-0.4, -0.2) is 51.9 Å². The number of hydrogen-bond acceptors (Lipinski definition) is 4. The molecule has 6 nitrogen and oxygen atoms in total. The van der Waals surface area contributed by atoms with Crippen molar-refractivity contribution in [3.8, 4) is 0 Å². The van der Waals surface area contributed by atoms with Crippen molar-refractivity contribution in [2.45, 2.75) is 76.8 Å². The molecule has 4 rings (SSSR count).